The molecule has 6 nitrogen and oxygen atoms in total. The number of anilines is 1. The van der Waals surface area contributed by atoms with E-state index < -0.39 is 11.5 Å². The van der Waals surface area contributed by atoms with Gasteiger partial charge in [-0.2, -0.15) is 0 Å². The number of nitrogens with one attached hydrogen (secondary N) is 1. The number of H-pyrrole nitrogens is 1. The molecule has 0 aromatic carbocycles. The number of nitrogens with two attached hydrogens (primary N) is 1. The van der Waals surface area contributed by atoms with Crippen molar-refractivity contribution >= 4 is 24.3 Å². The molecule has 0 radical (unpaired) electrons. The standard InChI is InChI=1S/C7H9N3O3.ClH/c1-13-5(11)2-4-3-9-7(8)10-6(4)12;/h3H,2H2,1H3,(H3,8,9,10,12);1H. The second kappa shape index (κ2) is 5.23. The Hall–Kier alpha value is -1.56. The molecular formula is C7H10ClN3O3. The van der Waals surface area contributed by atoms with Gasteiger partial charge in [-0.15, -0.1) is 12.4 Å². The number of nitrogen functional groups attached to an aromatic ring is 1. The Morgan fingerprint density at radius 3 is 2.86 bits per heavy atom. The van der Waals surface area contributed by atoms with Crippen LogP contribution in [0.25, 0.3) is 0 Å². The number of aromatic amines is 1. The fourth-order valence-corrected chi connectivity index (χ4v) is 0.789. The van der Waals surface area contributed by atoms with E-state index in [1.165, 1.54) is 13.3 Å². The Balaban J connectivity index is 0.00000169. The van der Waals surface area contributed by atoms with E-state index in [-0.39, 0.29) is 30.3 Å². The first-order valence-electron chi connectivity index (χ1n) is 3.54. The number of methoxy groups -OCH3 is 1. The van der Waals surface area contributed by atoms with E-state index in [1.54, 1.807) is 0 Å². The predicted molar refractivity (Wildman–Crippen MR) is 52.2 cm³/mol. The van der Waals surface area contributed by atoms with Crippen LogP contribution in [0.5, 0.6) is 0 Å². The van der Waals surface area contributed by atoms with Gasteiger partial charge < -0.3 is 10.5 Å². The van der Waals surface area contributed by atoms with E-state index >= 15 is 0 Å². The highest BCUT2D eigenvalue weighted by Crippen LogP contribution is 1.93. The molecule has 0 spiro atoms. The monoisotopic (exact) mass is 219 g/mol. The minimum atomic E-state index is -0.489. The molecule has 7 heteroatoms. The maximum atomic E-state index is 11.1. The molecule has 14 heavy (non-hydrogen) atoms. The Morgan fingerprint density at radius 2 is 2.36 bits per heavy atom. The van der Waals surface area contributed by atoms with Crippen molar-refractivity contribution in [1.82, 2.24) is 9.97 Å². The van der Waals surface area contributed by atoms with Gasteiger partial charge in [0.2, 0.25) is 0 Å². The molecule has 1 heterocycles. The first-order chi connectivity index (χ1) is 6.13. The fourth-order valence-electron chi connectivity index (χ4n) is 0.789. The number of esters is 1. The molecule has 1 aromatic rings. The van der Waals surface area contributed by atoms with E-state index in [0.29, 0.717) is 0 Å². The zero-order valence-corrected chi connectivity index (χ0v) is 8.26. The van der Waals surface area contributed by atoms with Crippen LogP contribution in [0, 0.1) is 0 Å². The molecule has 1 rings (SSSR count). The van der Waals surface area contributed by atoms with Gasteiger partial charge in [-0.3, -0.25) is 14.6 Å². The molecule has 1 aromatic heterocycles. The maximum Gasteiger partial charge on any atom is 0.310 e. The maximum absolute atomic E-state index is 11.1. The summed E-state index contributed by atoms with van der Waals surface area (Å²) >= 11 is 0. The number of hydrogen-bond acceptors (Lipinski definition) is 5. The van der Waals surface area contributed by atoms with Crippen LogP contribution in [-0.2, 0) is 16.0 Å². The second-order valence-corrected chi connectivity index (χ2v) is 2.38. The lowest BCUT2D eigenvalue weighted by molar-refractivity contribution is -0.139. The molecule has 0 aliphatic heterocycles. The van der Waals surface area contributed by atoms with Crippen LogP contribution in [0.4, 0.5) is 5.95 Å². The molecule has 0 aliphatic rings. The fraction of sp³-hybridized carbons (Fsp3) is 0.286. The Kier molecular flexibility index (Phi) is 4.65. The number of carbonyl (C=O) groups is 1. The van der Waals surface area contributed by atoms with Crippen LogP contribution >= 0.6 is 12.4 Å². The summed E-state index contributed by atoms with van der Waals surface area (Å²) in [7, 11) is 1.25. The predicted octanol–water partition coefficient (Wildman–Crippen LogP) is -0.511. The SMILES string of the molecule is COC(=O)Cc1cnc(N)[nH]c1=O.Cl. The number of carbonyl (C=O) groups excluding carboxylic acids is 1. The summed E-state index contributed by atoms with van der Waals surface area (Å²) in [5, 5.41) is 0. The van der Waals surface area contributed by atoms with E-state index in [0.717, 1.165) is 0 Å². The number of aromatic nitrogens is 2. The summed E-state index contributed by atoms with van der Waals surface area (Å²) in [6.45, 7) is 0. The van der Waals surface area contributed by atoms with Gasteiger partial charge in [0.1, 0.15) is 0 Å². The minimum absolute atomic E-state index is 0. The van der Waals surface area contributed by atoms with Gasteiger partial charge in [0, 0.05) is 11.8 Å². The van der Waals surface area contributed by atoms with E-state index in [9.17, 15) is 9.59 Å². The van der Waals surface area contributed by atoms with Gasteiger partial charge in [-0.25, -0.2) is 4.98 Å². The number of nitrogens with zero attached hydrogens (tertiary/aromatic N) is 1. The molecule has 0 saturated heterocycles. The number of ether oxygens (including phenoxy) is 1. The summed E-state index contributed by atoms with van der Waals surface area (Å²) in [4.78, 5) is 27.8. The van der Waals surface area contributed by atoms with Gasteiger partial charge in [0.25, 0.3) is 5.56 Å². The van der Waals surface area contributed by atoms with Crippen molar-refractivity contribution in [2.75, 3.05) is 12.8 Å². The van der Waals surface area contributed by atoms with Gasteiger partial charge >= 0.3 is 5.97 Å². The third-order valence-electron chi connectivity index (χ3n) is 1.46. The molecule has 0 aliphatic carbocycles. The lowest BCUT2D eigenvalue weighted by atomic mass is 10.2. The summed E-state index contributed by atoms with van der Waals surface area (Å²) < 4.78 is 4.39. The highest BCUT2D eigenvalue weighted by Gasteiger charge is 2.07. The van der Waals surface area contributed by atoms with Gasteiger partial charge in [-0.05, 0) is 0 Å². The molecule has 0 bridgehead atoms. The first kappa shape index (κ1) is 12.4. The summed E-state index contributed by atoms with van der Waals surface area (Å²) in [5.74, 6) is -0.462. The number of rotatable bonds is 2. The largest absolute Gasteiger partial charge is 0.469 e. The average molecular weight is 220 g/mol. The minimum Gasteiger partial charge on any atom is -0.469 e. The lowest BCUT2D eigenvalue weighted by Crippen LogP contribution is -2.19. The second-order valence-electron chi connectivity index (χ2n) is 2.38. The average Bonchev–Trinajstić information content (AvgIpc) is 2.09. The van der Waals surface area contributed by atoms with Crippen LogP contribution in [0.3, 0.4) is 0 Å². The quantitative estimate of drug-likeness (QED) is 0.653. The summed E-state index contributed by atoms with van der Waals surface area (Å²) in [6, 6.07) is 0. The van der Waals surface area contributed by atoms with Gasteiger partial charge in [0.15, 0.2) is 5.95 Å². The van der Waals surface area contributed by atoms with E-state index in [4.69, 9.17) is 5.73 Å². The lowest BCUT2D eigenvalue weighted by Gasteiger charge is -1.98. The smallest absolute Gasteiger partial charge is 0.310 e. The van der Waals surface area contributed by atoms with Crippen LogP contribution in [0.1, 0.15) is 5.56 Å². The van der Waals surface area contributed by atoms with E-state index in [1.807, 2.05) is 0 Å². The molecule has 0 amide bonds. The molecular weight excluding hydrogens is 210 g/mol. The molecule has 0 fully saturated rings. The van der Waals surface area contributed by atoms with Crippen LogP contribution in [0.15, 0.2) is 11.0 Å². The Labute approximate surface area is 85.9 Å². The highest BCUT2D eigenvalue weighted by molar-refractivity contribution is 5.85. The molecule has 78 valence electrons. The molecule has 3 N–H and O–H groups in total. The Bertz CT molecular complexity index is 377. The summed E-state index contributed by atoms with van der Waals surface area (Å²) in [5.41, 5.74) is 5.03. The van der Waals surface area contributed by atoms with Gasteiger partial charge in [-0.1, -0.05) is 0 Å². The first-order valence-corrected chi connectivity index (χ1v) is 3.54. The zero-order valence-electron chi connectivity index (χ0n) is 7.44. The molecule has 0 atom stereocenters. The van der Waals surface area contributed by atoms with Crippen molar-refractivity contribution < 1.29 is 9.53 Å². The molecule has 0 saturated carbocycles. The third-order valence-corrected chi connectivity index (χ3v) is 1.46. The van der Waals surface area contributed by atoms with Crippen LogP contribution in [-0.4, -0.2) is 23.0 Å². The van der Waals surface area contributed by atoms with E-state index in [2.05, 4.69) is 14.7 Å². The zero-order chi connectivity index (χ0) is 9.84. The van der Waals surface area contributed by atoms with Crippen LogP contribution < -0.4 is 11.3 Å². The van der Waals surface area contributed by atoms with Crippen molar-refractivity contribution in [3.63, 3.8) is 0 Å². The van der Waals surface area contributed by atoms with Crippen molar-refractivity contribution in [2.45, 2.75) is 6.42 Å². The van der Waals surface area contributed by atoms with Crippen molar-refractivity contribution in [1.29, 1.82) is 0 Å². The highest BCUT2D eigenvalue weighted by atomic mass is 35.5. The topological polar surface area (TPSA) is 98.1 Å². The Morgan fingerprint density at radius 1 is 1.71 bits per heavy atom. The number of halogens is 1. The number of hydrogen-bond donors (Lipinski definition) is 2. The van der Waals surface area contributed by atoms with Crippen molar-refractivity contribution in [3.8, 4) is 0 Å². The summed E-state index contributed by atoms with van der Waals surface area (Å²) in [6.07, 6.45) is 1.16. The van der Waals surface area contributed by atoms with Crippen LogP contribution in [0.2, 0.25) is 0 Å². The molecule has 0 unspecified atom stereocenters. The van der Waals surface area contributed by atoms with Crippen molar-refractivity contribution in [2.24, 2.45) is 0 Å². The van der Waals surface area contributed by atoms with Gasteiger partial charge in [0.05, 0.1) is 13.5 Å². The third kappa shape index (κ3) is 3.06. The van der Waals surface area contributed by atoms with Crippen molar-refractivity contribution in [3.05, 3.63) is 22.1 Å². The normalized spacial score (nSPS) is 8.93.